The van der Waals surface area contributed by atoms with Crippen LogP contribution in [0.15, 0.2) is 12.5 Å². The lowest BCUT2D eigenvalue weighted by Crippen LogP contribution is -2.22. The highest BCUT2D eigenvalue weighted by Gasteiger charge is 2.24. The van der Waals surface area contributed by atoms with Gasteiger partial charge in [0, 0.05) is 30.9 Å². The maximum absolute atomic E-state index is 5.92. The molecule has 3 unspecified atom stereocenters. The van der Waals surface area contributed by atoms with Gasteiger partial charge in [-0.2, -0.15) is 0 Å². The Morgan fingerprint density at radius 2 is 2.22 bits per heavy atom. The smallest absolute Gasteiger partial charge is 0.0948 e. The van der Waals surface area contributed by atoms with E-state index in [-0.39, 0.29) is 0 Å². The van der Waals surface area contributed by atoms with Gasteiger partial charge in [0.1, 0.15) is 0 Å². The van der Waals surface area contributed by atoms with Gasteiger partial charge >= 0.3 is 0 Å². The summed E-state index contributed by atoms with van der Waals surface area (Å²) in [6.45, 7) is 8.69. The van der Waals surface area contributed by atoms with Crippen LogP contribution in [0.4, 0.5) is 0 Å². The molecule has 18 heavy (non-hydrogen) atoms. The summed E-state index contributed by atoms with van der Waals surface area (Å²) >= 11 is 0. The van der Waals surface area contributed by atoms with Gasteiger partial charge in [0.2, 0.25) is 0 Å². The van der Waals surface area contributed by atoms with E-state index < -0.39 is 0 Å². The molecule has 0 amide bonds. The molecule has 1 heterocycles. The van der Waals surface area contributed by atoms with Crippen LogP contribution >= 0.6 is 0 Å². The monoisotopic (exact) mass is 249 g/mol. The highest BCUT2D eigenvalue weighted by molar-refractivity contribution is 5.08. The Bertz CT molecular complexity index is 370. The summed E-state index contributed by atoms with van der Waals surface area (Å²) in [7, 11) is 0. The third-order valence-corrected chi connectivity index (χ3v) is 4.44. The molecular formula is C15H27N3. The summed E-state index contributed by atoms with van der Waals surface area (Å²) in [6.07, 6.45) is 8.12. The molecule has 0 spiro atoms. The lowest BCUT2D eigenvalue weighted by molar-refractivity contribution is 0.408. The third-order valence-electron chi connectivity index (χ3n) is 4.44. The number of rotatable bonds is 5. The van der Waals surface area contributed by atoms with Gasteiger partial charge in [0.25, 0.3) is 0 Å². The van der Waals surface area contributed by atoms with Crippen LogP contribution in [-0.2, 0) is 6.54 Å². The van der Waals surface area contributed by atoms with E-state index in [9.17, 15) is 0 Å². The maximum atomic E-state index is 5.92. The van der Waals surface area contributed by atoms with Gasteiger partial charge in [0.15, 0.2) is 0 Å². The Kier molecular flexibility index (Phi) is 4.44. The lowest BCUT2D eigenvalue weighted by Gasteiger charge is -2.22. The van der Waals surface area contributed by atoms with E-state index in [1.165, 1.54) is 25.0 Å². The SMILES string of the molecule is CC1CCC(Cn2cncc2C(CN)C(C)C)C1. The minimum absolute atomic E-state index is 0.436. The second-order valence-electron chi connectivity index (χ2n) is 6.34. The Balaban J connectivity index is 2.07. The molecule has 1 aromatic rings. The third kappa shape index (κ3) is 2.94. The summed E-state index contributed by atoms with van der Waals surface area (Å²) in [5, 5.41) is 0. The minimum atomic E-state index is 0.436. The van der Waals surface area contributed by atoms with Gasteiger partial charge in [0.05, 0.1) is 6.33 Å². The first-order chi connectivity index (χ1) is 8.61. The molecular weight excluding hydrogens is 222 g/mol. The molecule has 0 aromatic carbocycles. The zero-order valence-corrected chi connectivity index (χ0v) is 12.0. The van der Waals surface area contributed by atoms with Crippen LogP contribution in [0.25, 0.3) is 0 Å². The van der Waals surface area contributed by atoms with Crippen LogP contribution in [0, 0.1) is 17.8 Å². The summed E-state index contributed by atoms with van der Waals surface area (Å²) < 4.78 is 2.35. The van der Waals surface area contributed by atoms with Gasteiger partial charge in [-0.3, -0.25) is 0 Å². The number of nitrogens with two attached hydrogens (primary N) is 1. The van der Waals surface area contributed by atoms with Crippen molar-refractivity contribution >= 4 is 0 Å². The van der Waals surface area contributed by atoms with Crippen molar-refractivity contribution in [1.29, 1.82) is 0 Å². The van der Waals surface area contributed by atoms with Crippen molar-refractivity contribution < 1.29 is 0 Å². The number of aromatic nitrogens is 2. The minimum Gasteiger partial charge on any atom is -0.334 e. The van der Waals surface area contributed by atoms with E-state index >= 15 is 0 Å². The summed E-state index contributed by atoms with van der Waals surface area (Å²) in [5.41, 5.74) is 7.25. The Morgan fingerprint density at radius 1 is 1.44 bits per heavy atom. The van der Waals surface area contributed by atoms with Gasteiger partial charge in [-0.05, 0) is 30.6 Å². The first-order valence-corrected chi connectivity index (χ1v) is 7.31. The molecule has 0 aliphatic heterocycles. The van der Waals surface area contributed by atoms with Gasteiger partial charge in [-0.25, -0.2) is 4.98 Å². The van der Waals surface area contributed by atoms with E-state index in [4.69, 9.17) is 5.73 Å². The van der Waals surface area contributed by atoms with E-state index in [1.54, 1.807) is 0 Å². The van der Waals surface area contributed by atoms with Gasteiger partial charge in [-0.15, -0.1) is 0 Å². The molecule has 1 aromatic heterocycles. The Morgan fingerprint density at radius 3 is 2.78 bits per heavy atom. The quantitative estimate of drug-likeness (QED) is 0.871. The molecule has 1 aliphatic rings. The Hall–Kier alpha value is -0.830. The van der Waals surface area contributed by atoms with Crippen LogP contribution in [-0.4, -0.2) is 16.1 Å². The first-order valence-electron chi connectivity index (χ1n) is 7.31. The zero-order valence-electron chi connectivity index (χ0n) is 12.0. The van der Waals surface area contributed by atoms with Gasteiger partial charge < -0.3 is 10.3 Å². The molecule has 3 heteroatoms. The average molecular weight is 249 g/mol. The molecule has 2 N–H and O–H groups in total. The summed E-state index contributed by atoms with van der Waals surface area (Å²) in [6, 6.07) is 0. The number of hydrogen-bond donors (Lipinski definition) is 1. The average Bonchev–Trinajstić information content (AvgIpc) is 2.90. The molecule has 0 radical (unpaired) electrons. The molecule has 0 bridgehead atoms. The van der Waals surface area contributed by atoms with E-state index in [0.717, 1.165) is 18.4 Å². The fraction of sp³-hybridized carbons (Fsp3) is 0.800. The van der Waals surface area contributed by atoms with Crippen molar-refractivity contribution in [3.05, 3.63) is 18.2 Å². The highest BCUT2D eigenvalue weighted by Crippen LogP contribution is 2.32. The van der Waals surface area contributed by atoms with Crippen LogP contribution in [0.5, 0.6) is 0 Å². The molecule has 0 saturated heterocycles. The molecule has 3 nitrogen and oxygen atoms in total. The predicted octanol–water partition coefficient (Wildman–Crippen LogP) is 3.02. The maximum Gasteiger partial charge on any atom is 0.0948 e. The van der Waals surface area contributed by atoms with Crippen molar-refractivity contribution in [2.45, 2.75) is 52.5 Å². The lowest BCUT2D eigenvalue weighted by atomic mass is 9.92. The van der Waals surface area contributed by atoms with Crippen molar-refractivity contribution in [3.63, 3.8) is 0 Å². The van der Waals surface area contributed by atoms with Crippen molar-refractivity contribution in [3.8, 4) is 0 Å². The van der Waals surface area contributed by atoms with Gasteiger partial charge in [-0.1, -0.05) is 27.2 Å². The predicted molar refractivity (Wildman–Crippen MR) is 75.4 cm³/mol. The second-order valence-corrected chi connectivity index (χ2v) is 6.34. The van der Waals surface area contributed by atoms with Crippen molar-refractivity contribution in [2.24, 2.45) is 23.5 Å². The number of hydrogen-bond acceptors (Lipinski definition) is 2. The van der Waals surface area contributed by atoms with Crippen LogP contribution in [0.3, 0.4) is 0 Å². The van der Waals surface area contributed by atoms with Crippen LogP contribution in [0.2, 0.25) is 0 Å². The Labute approximate surface area is 111 Å². The fourth-order valence-electron chi connectivity index (χ4n) is 3.30. The molecule has 2 rings (SSSR count). The zero-order chi connectivity index (χ0) is 13.1. The fourth-order valence-corrected chi connectivity index (χ4v) is 3.30. The molecule has 1 saturated carbocycles. The standard InChI is InChI=1S/C15H27N3/c1-11(2)14(7-16)15-8-17-10-18(15)9-13-5-4-12(3)6-13/h8,10-14H,4-7,9,16H2,1-3H3. The van der Waals surface area contributed by atoms with Crippen molar-refractivity contribution in [1.82, 2.24) is 9.55 Å². The highest BCUT2D eigenvalue weighted by atomic mass is 15.1. The summed E-state index contributed by atoms with van der Waals surface area (Å²) in [4.78, 5) is 4.34. The van der Waals surface area contributed by atoms with E-state index in [0.29, 0.717) is 18.4 Å². The molecule has 1 aliphatic carbocycles. The number of nitrogens with zero attached hydrogens (tertiary/aromatic N) is 2. The largest absolute Gasteiger partial charge is 0.334 e. The van der Waals surface area contributed by atoms with E-state index in [1.807, 2.05) is 12.5 Å². The van der Waals surface area contributed by atoms with Crippen molar-refractivity contribution in [2.75, 3.05) is 6.54 Å². The van der Waals surface area contributed by atoms with Crippen LogP contribution < -0.4 is 5.73 Å². The second kappa shape index (κ2) is 5.87. The normalized spacial score (nSPS) is 25.8. The first kappa shape index (κ1) is 13.6. The molecule has 102 valence electrons. The van der Waals surface area contributed by atoms with Crippen LogP contribution in [0.1, 0.15) is 51.6 Å². The molecule has 3 atom stereocenters. The van der Waals surface area contributed by atoms with E-state index in [2.05, 4.69) is 30.3 Å². The topological polar surface area (TPSA) is 43.8 Å². The number of imidazole rings is 1. The molecule has 1 fully saturated rings. The summed E-state index contributed by atoms with van der Waals surface area (Å²) in [5.74, 6) is 2.75.